The van der Waals surface area contributed by atoms with Crippen LogP contribution in [0.25, 0.3) is 0 Å². The lowest BCUT2D eigenvalue weighted by Crippen LogP contribution is -2.46. The SMILES string of the molecule is C=C(C)OC(=O)[C@H](CCC(=O)NC(CO[N+](=O)[O-])CO[N+](=O)[O-])NC(=O)OC(C)(C)C. The van der Waals surface area contributed by atoms with Crippen LogP contribution in [0.3, 0.4) is 0 Å². The average Bonchev–Trinajstić information content (AvgIpc) is 2.58. The van der Waals surface area contributed by atoms with Crippen molar-refractivity contribution in [1.29, 1.82) is 0 Å². The van der Waals surface area contributed by atoms with E-state index in [-0.39, 0.29) is 18.6 Å². The van der Waals surface area contributed by atoms with E-state index in [0.29, 0.717) is 0 Å². The highest BCUT2D eigenvalue weighted by Crippen LogP contribution is 2.09. The molecule has 0 bridgehead atoms. The van der Waals surface area contributed by atoms with E-state index in [2.05, 4.69) is 26.9 Å². The number of nitrogens with zero attached hydrogens (tertiary/aromatic N) is 2. The summed E-state index contributed by atoms with van der Waals surface area (Å²) in [7, 11) is 0. The fraction of sp³-hybridized carbons (Fsp3) is 0.688. The molecule has 0 saturated carbocycles. The summed E-state index contributed by atoms with van der Waals surface area (Å²) in [6, 6.07) is -2.50. The van der Waals surface area contributed by atoms with Gasteiger partial charge >= 0.3 is 12.1 Å². The highest BCUT2D eigenvalue weighted by Gasteiger charge is 2.27. The lowest BCUT2D eigenvalue weighted by molar-refractivity contribution is -0.766. The summed E-state index contributed by atoms with van der Waals surface area (Å²) >= 11 is 0. The van der Waals surface area contributed by atoms with Crippen molar-refractivity contribution < 1.29 is 43.7 Å². The molecule has 15 heteroatoms. The summed E-state index contributed by atoms with van der Waals surface area (Å²) in [5.41, 5.74) is -0.842. The van der Waals surface area contributed by atoms with Gasteiger partial charge in [-0.05, 0) is 34.1 Å². The zero-order valence-electron chi connectivity index (χ0n) is 17.6. The quantitative estimate of drug-likeness (QED) is 0.173. The van der Waals surface area contributed by atoms with E-state index < -0.39 is 59.0 Å². The van der Waals surface area contributed by atoms with Crippen LogP contribution in [-0.4, -0.2) is 59.0 Å². The summed E-state index contributed by atoms with van der Waals surface area (Å²) in [6.07, 6.45) is -1.52. The molecular formula is C16H26N4O11. The van der Waals surface area contributed by atoms with Crippen molar-refractivity contribution in [1.82, 2.24) is 10.6 Å². The number of hydrogen-bond donors (Lipinski definition) is 2. The predicted octanol–water partition coefficient (Wildman–Crippen LogP) is 0.638. The standard InChI is InChI=1S/C16H26N4O11/c1-10(2)30-14(22)12(18-15(23)31-16(3,4)5)6-7-13(21)17-11(8-28-19(24)25)9-29-20(26)27/h11-12H,1,6-9H2,2-5H3,(H,17,21)(H,18,23)/t12-/m0/s1. The van der Waals surface area contributed by atoms with Crippen LogP contribution in [0, 0.1) is 20.2 Å². The van der Waals surface area contributed by atoms with Crippen molar-refractivity contribution in [2.75, 3.05) is 13.2 Å². The van der Waals surface area contributed by atoms with Crippen molar-refractivity contribution in [3.8, 4) is 0 Å². The molecule has 0 aliphatic carbocycles. The van der Waals surface area contributed by atoms with Crippen molar-refractivity contribution >= 4 is 18.0 Å². The molecule has 176 valence electrons. The first-order chi connectivity index (χ1) is 14.2. The van der Waals surface area contributed by atoms with Crippen molar-refractivity contribution in [2.24, 2.45) is 0 Å². The number of carbonyl (C=O) groups is 3. The Morgan fingerprint density at radius 2 is 1.55 bits per heavy atom. The molecule has 31 heavy (non-hydrogen) atoms. The zero-order valence-corrected chi connectivity index (χ0v) is 17.6. The van der Waals surface area contributed by atoms with Crippen LogP contribution in [0.1, 0.15) is 40.5 Å². The van der Waals surface area contributed by atoms with E-state index in [9.17, 15) is 34.6 Å². The first kappa shape index (κ1) is 27.4. The Labute approximate surface area is 177 Å². The maximum absolute atomic E-state index is 12.2. The number of hydrogen-bond acceptors (Lipinski definition) is 11. The molecule has 0 aromatic carbocycles. The lowest BCUT2D eigenvalue weighted by atomic mass is 10.1. The summed E-state index contributed by atoms with van der Waals surface area (Å²) in [5, 5.41) is 22.8. The van der Waals surface area contributed by atoms with Gasteiger partial charge in [-0.15, -0.1) is 20.2 Å². The van der Waals surface area contributed by atoms with Gasteiger partial charge in [0, 0.05) is 6.42 Å². The van der Waals surface area contributed by atoms with E-state index in [1.165, 1.54) is 6.92 Å². The van der Waals surface area contributed by atoms with Crippen LogP contribution in [0.2, 0.25) is 0 Å². The molecule has 0 heterocycles. The number of esters is 1. The second-order valence-corrected chi connectivity index (χ2v) is 7.16. The second kappa shape index (κ2) is 12.8. The zero-order chi connectivity index (χ0) is 24.2. The normalized spacial score (nSPS) is 11.6. The minimum atomic E-state index is -1.28. The summed E-state index contributed by atoms with van der Waals surface area (Å²) < 4.78 is 9.92. The molecule has 0 saturated heterocycles. The molecule has 0 radical (unpaired) electrons. The maximum atomic E-state index is 12.2. The number of carbonyl (C=O) groups excluding carboxylic acids is 3. The molecule has 1 atom stereocenters. The molecule has 0 fully saturated rings. The Bertz CT molecular complexity index is 672. The van der Waals surface area contributed by atoms with Gasteiger partial charge in [-0.25, -0.2) is 9.59 Å². The number of rotatable bonds is 13. The van der Waals surface area contributed by atoms with Gasteiger partial charge in [0.1, 0.15) is 24.9 Å². The number of amides is 2. The molecule has 0 aliphatic rings. The lowest BCUT2D eigenvalue weighted by Gasteiger charge is -2.23. The van der Waals surface area contributed by atoms with Crippen LogP contribution in [-0.2, 0) is 28.7 Å². The summed E-state index contributed by atoms with van der Waals surface area (Å²) in [6.45, 7) is 8.25. The van der Waals surface area contributed by atoms with Crippen LogP contribution < -0.4 is 10.6 Å². The van der Waals surface area contributed by atoms with Gasteiger partial charge < -0.3 is 29.8 Å². The van der Waals surface area contributed by atoms with E-state index >= 15 is 0 Å². The van der Waals surface area contributed by atoms with Crippen molar-refractivity contribution in [3.63, 3.8) is 0 Å². The first-order valence-corrected chi connectivity index (χ1v) is 8.90. The Hall–Kier alpha value is -3.65. The number of allylic oxidation sites excluding steroid dienone is 1. The number of alkyl carbamates (subject to hydrolysis) is 1. The minimum absolute atomic E-state index is 0.0550. The molecule has 0 unspecified atom stereocenters. The average molecular weight is 450 g/mol. The third-order valence-corrected chi connectivity index (χ3v) is 3.04. The number of nitrogens with one attached hydrogen (secondary N) is 2. The van der Waals surface area contributed by atoms with Crippen LogP contribution in [0.4, 0.5) is 4.79 Å². The molecule has 0 aromatic rings. The highest BCUT2D eigenvalue weighted by atomic mass is 17.0. The predicted molar refractivity (Wildman–Crippen MR) is 101 cm³/mol. The van der Waals surface area contributed by atoms with E-state index in [4.69, 9.17) is 9.47 Å². The van der Waals surface area contributed by atoms with Crippen LogP contribution >= 0.6 is 0 Å². The van der Waals surface area contributed by atoms with Gasteiger partial charge in [-0.3, -0.25) is 4.79 Å². The Kier molecular flexibility index (Phi) is 11.3. The third-order valence-electron chi connectivity index (χ3n) is 3.04. The fourth-order valence-electron chi connectivity index (χ4n) is 1.95. The first-order valence-electron chi connectivity index (χ1n) is 8.90. The van der Waals surface area contributed by atoms with E-state index in [0.717, 1.165) is 0 Å². The Morgan fingerprint density at radius 1 is 1.03 bits per heavy atom. The molecule has 0 rings (SSSR count). The fourth-order valence-corrected chi connectivity index (χ4v) is 1.95. The number of ether oxygens (including phenoxy) is 2. The van der Waals surface area contributed by atoms with Gasteiger partial charge in [-0.2, -0.15) is 0 Å². The van der Waals surface area contributed by atoms with E-state index in [1.807, 2.05) is 0 Å². The Morgan fingerprint density at radius 3 is 1.97 bits per heavy atom. The van der Waals surface area contributed by atoms with Gasteiger partial charge in [-0.1, -0.05) is 6.58 Å². The van der Waals surface area contributed by atoms with E-state index in [1.54, 1.807) is 20.8 Å². The molecule has 2 N–H and O–H groups in total. The van der Waals surface area contributed by atoms with Crippen LogP contribution in [0.5, 0.6) is 0 Å². The topological polar surface area (TPSA) is 198 Å². The van der Waals surface area contributed by atoms with Crippen molar-refractivity contribution in [3.05, 3.63) is 32.6 Å². The third kappa shape index (κ3) is 14.9. The van der Waals surface area contributed by atoms with Crippen LogP contribution in [0.15, 0.2) is 12.3 Å². The largest absolute Gasteiger partial charge is 0.444 e. The molecule has 15 nitrogen and oxygen atoms in total. The van der Waals surface area contributed by atoms with Gasteiger partial charge in [0.05, 0.1) is 11.8 Å². The second-order valence-electron chi connectivity index (χ2n) is 7.16. The Balaban J connectivity index is 4.99. The van der Waals surface area contributed by atoms with Gasteiger partial charge in [0.25, 0.3) is 10.2 Å². The minimum Gasteiger partial charge on any atom is -0.444 e. The van der Waals surface area contributed by atoms with Gasteiger partial charge in [0.15, 0.2) is 0 Å². The van der Waals surface area contributed by atoms with Gasteiger partial charge in [0.2, 0.25) is 5.91 Å². The highest BCUT2D eigenvalue weighted by molar-refractivity contribution is 5.83. The molecular weight excluding hydrogens is 424 g/mol. The van der Waals surface area contributed by atoms with Crippen molar-refractivity contribution in [2.45, 2.75) is 58.2 Å². The smallest absolute Gasteiger partial charge is 0.408 e. The molecule has 2 amide bonds. The monoisotopic (exact) mass is 450 g/mol. The summed E-state index contributed by atoms with van der Waals surface area (Å²) in [4.78, 5) is 65.0. The summed E-state index contributed by atoms with van der Waals surface area (Å²) in [5.74, 6) is -1.58. The molecule has 0 aliphatic heterocycles. The molecule has 0 aromatic heterocycles. The maximum Gasteiger partial charge on any atom is 0.408 e. The molecule has 0 spiro atoms.